The lowest BCUT2D eigenvalue weighted by Gasteiger charge is -2.25. The molecule has 25 heavy (non-hydrogen) atoms. The molecule has 0 saturated heterocycles. The van der Waals surface area contributed by atoms with E-state index < -0.39 is 0 Å². The number of carbonyl (C=O) groups excluding carboxylic acids is 1. The fourth-order valence-corrected chi connectivity index (χ4v) is 3.33. The average Bonchev–Trinajstić information content (AvgIpc) is 2.59. The SMILES string of the molecule is CSc1nc(C)c(CCC(=O)N(C)C(C)c2ccc(Cl)cc2)c(C)n1. The fraction of sp³-hybridized carbons (Fsp3) is 0.421. The Morgan fingerprint density at radius 3 is 2.28 bits per heavy atom. The van der Waals surface area contributed by atoms with Crippen molar-refractivity contribution in [2.45, 2.75) is 44.8 Å². The first-order valence-electron chi connectivity index (χ1n) is 8.22. The molecule has 0 spiro atoms. The number of nitrogens with zero attached hydrogens (tertiary/aromatic N) is 3. The van der Waals surface area contributed by atoms with Crippen molar-refractivity contribution in [2.75, 3.05) is 13.3 Å². The van der Waals surface area contributed by atoms with Crippen LogP contribution in [0.5, 0.6) is 0 Å². The largest absolute Gasteiger partial charge is 0.339 e. The number of carbonyl (C=O) groups is 1. The third-order valence-corrected chi connectivity index (χ3v) is 5.30. The van der Waals surface area contributed by atoms with Crippen LogP contribution in [-0.2, 0) is 11.2 Å². The maximum absolute atomic E-state index is 12.6. The van der Waals surface area contributed by atoms with Crippen molar-refractivity contribution >= 4 is 29.3 Å². The summed E-state index contributed by atoms with van der Waals surface area (Å²) < 4.78 is 0. The minimum atomic E-state index is 0.00192. The second-order valence-electron chi connectivity index (χ2n) is 6.09. The molecule has 0 aliphatic heterocycles. The molecule has 2 aromatic rings. The number of hydrogen-bond donors (Lipinski definition) is 0. The summed E-state index contributed by atoms with van der Waals surface area (Å²) in [5, 5.41) is 1.48. The molecule has 134 valence electrons. The van der Waals surface area contributed by atoms with Gasteiger partial charge in [-0.25, -0.2) is 9.97 Å². The molecule has 6 heteroatoms. The third-order valence-electron chi connectivity index (χ3n) is 4.50. The number of aryl methyl sites for hydroxylation is 2. The molecule has 0 aliphatic rings. The van der Waals surface area contributed by atoms with Crippen LogP contribution in [0.3, 0.4) is 0 Å². The van der Waals surface area contributed by atoms with Crippen LogP contribution in [0.25, 0.3) is 0 Å². The van der Waals surface area contributed by atoms with Gasteiger partial charge in [-0.3, -0.25) is 4.79 Å². The van der Waals surface area contributed by atoms with E-state index in [2.05, 4.69) is 9.97 Å². The molecule has 0 saturated carbocycles. The first-order valence-corrected chi connectivity index (χ1v) is 9.83. The molecule has 1 amide bonds. The summed E-state index contributed by atoms with van der Waals surface area (Å²) in [5.74, 6) is 0.107. The van der Waals surface area contributed by atoms with Crippen molar-refractivity contribution in [3.63, 3.8) is 0 Å². The van der Waals surface area contributed by atoms with Crippen LogP contribution in [0.4, 0.5) is 0 Å². The molecule has 4 nitrogen and oxygen atoms in total. The van der Waals surface area contributed by atoms with Gasteiger partial charge in [0.15, 0.2) is 5.16 Å². The molecule has 1 aromatic carbocycles. The monoisotopic (exact) mass is 377 g/mol. The van der Waals surface area contributed by atoms with Crippen LogP contribution < -0.4 is 0 Å². The van der Waals surface area contributed by atoms with Gasteiger partial charge in [-0.2, -0.15) is 0 Å². The zero-order valence-corrected chi connectivity index (χ0v) is 16.9. The minimum Gasteiger partial charge on any atom is -0.339 e. The van der Waals surface area contributed by atoms with E-state index in [1.54, 1.807) is 4.90 Å². The third kappa shape index (κ3) is 4.95. The molecule has 1 unspecified atom stereocenters. The van der Waals surface area contributed by atoms with Crippen LogP contribution in [0.2, 0.25) is 5.02 Å². The van der Waals surface area contributed by atoms with Crippen molar-refractivity contribution in [3.8, 4) is 0 Å². The second-order valence-corrected chi connectivity index (χ2v) is 7.30. The summed E-state index contributed by atoms with van der Waals surface area (Å²) in [7, 11) is 1.84. The smallest absolute Gasteiger partial charge is 0.223 e. The van der Waals surface area contributed by atoms with Crippen molar-refractivity contribution in [1.82, 2.24) is 14.9 Å². The number of hydrogen-bond acceptors (Lipinski definition) is 4. The van der Waals surface area contributed by atoms with Crippen molar-refractivity contribution in [2.24, 2.45) is 0 Å². The Labute approximate surface area is 159 Å². The van der Waals surface area contributed by atoms with E-state index >= 15 is 0 Å². The van der Waals surface area contributed by atoms with Gasteiger partial charge >= 0.3 is 0 Å². The second kappa shape index (κ2) is 8.68. The lowest BCUT2D eigenvalue weighted by molar-refractivity contribution is -0.131. The van der Waals surface area contributed by atoms with Gasteiger partial charge in [0.2, 0.25) is 5.91 Å². The van der Waals surface area contributed by atoms with Gasteiger partial charge < -0.3 is 4.90 Å². The van der Waals surface area contributed by atoms with Gasteiger partial charge in [-0.15, -0.1) is 0 Å². The normalized spacial score (nSPS) is 12.1. The molecule has 0 bridgehead atoms. The summed E-state index contributed by atoms with van der Waals surface area (Å²) in [5.41, 5.74) is 4.05. The molecule has 0 fully saturated rings. The molecular formula is C19H24ClN3OS. The van der Waals surface area contributed by atoms with E-state index in [-0.39, 0.29) is 11.9 Å². The van der Waals surface area contributed by atoms with E-state index in [1.807, 2.05) is 58.3 Å². The predicted octanol–water partition coefficient (Wildman–Crippen LogP) is 4.62. The fourth-order valence-electron chi connectivity index (χ4n) is 2.75. The number of aromatic nitrogens is 2. The number of amides is 1. The van der Waals surface area contributed by atoms with Gasteiger partial charge in [0.25, 0.3) is 0 Å². The van der Waals surface area contributed by atoms with Gasteiger partial charge in [-0.1, -0.05) is 35.5 Å². The number of rotatable bonds is 6. The molecule has 1 heterocycles. The van der Waals surface area contributed by atoms with E-state index in [9.17, 15) is 4.79 Å². The summed E-state index contributed by atoms with van der Waals surface area (Å²) in [6.45, 7) is 5.98. The van der Waals surface area contributed by atoms with E-state index in [0.717, 1.165) is 27.7 Å². The number of halogens is 1. The van der Waals surface area contributed by atoms with Crippen LogP contribution in [0.1, 0.15) is 41.9 Å². The highest BCUT2D eigenvalue weighted by molar-refractivity contribution is 7.98. The van der Waals surface area contributed by atoms with Crippen LogP contribution in [0.15, 0.2) is 29.4 Å². The topological polar surface area (TPSA) is 46.1 Å². The molecule has 0 radical (unpaired) electrons. The zero-order chi connectivity index (χ0) is 18.6. The number of thioether (sulfide) groups is 1. The quantitative estimate of drug-likeness (QED) is 0.544. The van der Waals surface area contributed by atoms with Crippen LogP contribution in [-0.4, -0.2) is 34.1 Å². The zero-order valence-electron chi connectivity index (χ0n) is 15.3. The van der Waals surface area contributed by atoms with Gasteiger partial charge in [0.1, 0.15) is 0 Å². The van der Waals surface area contributed by atoms with Crippen molar-refractivity contribution in [1.29, 1.82) is 0 Å². The van der Waals surface area contributed by atoms with Crippen LogP contribution >= 0.6 is 23.4 Å². The molecular weight excluding hydrogens is 354 g/mol. The Hall–Kier alpha value is -1.59. The van der Waals surface area contributed by atoms with E-state index in [0.29, 0.717) is 17.9 Å². The summed E-state index contributed by atoms with van der Waals surface area (Å²) >= 11 is 7.46. The maximum atomic E-state index is 12.6. The molecule has 1 atom stereocenters. The average molecular weight is 378 g/mol. The molecule has 1 aromatic heterocycles. The number of benzene rings is 1. The Bertz CT molecular complexity index is 726. The van der Waals surface area contributed by atoms with Gasteiger partial charge in [0, 0.05) is 29.9 Å². The summed E-state index contributed by atoms with van der Waals surface area (Å²) in [6.07, 6.45) is 3.06. The highest BCUT2D eigenvalue weighted by Crippen LogP contribution is 2.22. The maximum Gasteiger partial charge on any atom is 0.223 e. The first-order chi connectivity index (χ1) is 11.8. The summed E-state index contributed by atoms with van der Waals surface area (Å²) in [4.78, 5) is 23.3. The minimum absolute atomic E-state index is 0.00192. The molecule has 0 N–H and O–H groups in total. The standard InChI is InChI=1S/C19H24ClN3OS/c1-12-17(13(2)22-19(21-12)25-5)10-11-18(24)23(4)14(3)15-6-8-16(20)9-7-15/h6-9,14H,10-11H2,1-5H3. The molecule has 2 rings (SSSR count). The van der Waals surface area contributed by atoms with E-state index in [4.69, 9.17) is 11.6 Å². The Kier molecular flexibility index (Phi) is 6.85. The van der Waals surface area contributed by atoms with Gasteiger partial charge in [-0.05, 0) is 56.7 Å². The Balaban J connectivity index is 2.03. The van der Waals surface area contributed by atoms with Gasteiger partial charge in [0.05, 0.1) is 6.04 Å². The van der Waals surface area contributed by atoms with Crippen molar-refractivity contribution in [3.05, 3.63) is 51.8 Å². The van der Waals surface area contributed by atoms with E-state index in [1.165, 1.54) is 11.8 Å². The Morgan fingerprint density at radius 1 is 1.20 bits per heavy atom. The Morgan fingerprint density at radius 2 is 1.76 bits per heavy atom. The lowest BCUT2D eigenvalue weighted by Crippen LogP contribution is -2.30. The first kappa shape index (κ1) is 19.7. The lowest BCUT2D eigenvalue weighted by atomic mass is 10.0. The summed E-state index contributed by atoms with van der Waals surface area (Å²) in [6, 6.07) is 7.62. The highest BCUT2D eigenvalue weighted by atomic mass is 35.5. The predicted molar refractivity (Wildman–Crippen MR) is 104 cm³/mol. The van der Waals surface area contributed by atoms with Crippen molar-refractivity contribution < 1.29 is 4.79 Å². The highest BCUT2D eigenvalue weighted by Gasteiger charge is 2.18. The molecule has 0 aliphatic carbocycles. The van der Waals surface area contributed by atoms with Crippen LogP contribution in [0, 0.1) is 13.8 Å².